The molecule has 0 aromatic heterocycles. The molecule has 0 heterocycles. The van der Waals surface area contributed by atoms with Gasteiger partial charge < -0.3 is 10.4 Å². The van der Waals surface area contributed by atoms with Gasteiger partial charge in [0.25, 0.3) is 0 Å². The van der Waals surface area contributed by atoms with Gasteiger partial charge >= 0.3 is 0 Å². The molecule has 1 aromatic carbocycles. The Morgan fingerprint density at radius 2 is 1.89 bits per heavy atom. The van der Waals surface area contributed by atoms with E-state index in [0.29, 0.717) is 10.0 Å². The third-order valence-electron chi connectivity index (χ3n) is 4.04. The predicted octanol–water partition coefficient (Wildman–Crippen LogP) is 4.44. The van der Waals surface area contributed by atoms with E-state index in [1.54, 1.807) is 6.07 Å². The van der Waals surface area contributed by atoms with Gasteiger partial charge in [0.1, 0.15) is 0 Å². The molecule has 4 heteroatoms. The van der Waals surface area contributed by atoms with Crippen molar-refractivity contribution in [1.82, 2.24) is 5.32 Å². The van der Waals surface area contributed by atoms with Crippen molar-refractivity contribution in [3.63, 3.8) is 0 Å². The number of aliphatic hydroxyl groups is 1. The molecule has 0 saturated heterocycles. The van der Waals surface area contributed by atoms with Gasteiger partial charge in [-0.2, -0.15) is 0 Å². The average Bonchev–Trinajstić information content (AvgIpc) is 2.43. The monoisotopic (exact) mass is 303 g/mol. The molecule has 0 aliphatic heterocycles. The molecule has 0 radical (unpaired) electrons. The Hall–Kier alpha value is -0.280. The molecule has 0 fully saturated rings. The normalized spacial score (nSPS) is 13.6. The minimum Gasteiger partial charge on any atom is -0.396 e. The van der Waals surface area contributed by atoms with Gasteiger partial charge in [-0.3, -0.25) is 0 Å². The van der Waals surface area contributed by atoms with E-state index in [4.69, 9.17) is 23.2 Å². The van der Waals surface area contributed by atoms with E-state index in [1.807, 2.05) is 12.1 Å². The first-order chi connectivity index (χ1) is 8.98. The van der Waals surface area contributed by atoms with Gasteiger partial charge in [-0.25, -0.2) is 0 Å². The van der Waals surface area contributed by atoms with Crippen LogP contribution in [0.25, 0.3) is 0 Å². The summed E-state index contributed by atoms with van der Waals surface area (Å²) < 4.78 is 0. The van der Waals surface area contributed by atoms with Crippen molar-refractivity contribution in [3.8, 4) is 0 Å². The summed E-state index contributed by atoms with van der Waals surface area (Å²) in [6.45, 7) is 7.24. The van der Waals surface area contributed by atoms with Crippen LogP contribution >= 0.6 is 23.2 Å². The Bertz CT molecular complexity index is 397. The first-order valence-corrected chi connectivity index (χ1v) is 7.52. The first-order valence-electron chi connectivity index (χ1n) is 6.77. The van der Waals surface area contributed by atoms with Crippen LogP contribution in [0.4, 0.5) is 0 Å². The maximum Gasteiger partial charge on any atom is 0.0499 e. The van der Waals surface area contributed by atoms with Crippen molar-refractivity contribution < 1.29 is 5.11 Å². The van der Waals surface area contributed by atoms with Crippen molar-refractivity contribution in [1.29, 1.82) is 0 Å². The Morgan fingerprint density at radius 1 is 1.26 bits per heavy atom. The SMILES string of the molecule is CCC(CC)(CO)CNC(C)c1cc(Cl)ccc1Cl. The molecule has 0 aliphatic carbocycles. The second-order valence-electron chi connectivity index (χ2n) is 5.13. The van der Waals surface area contributed by atoms with Crippen LogP contribution in [0.2, 0.25) is 10.0 Å². The van der Waals surface area contributed by atoms with Crippen molar-refractivity contribution >= 4 is 23.2 Å². The average molecular weight is 304 g/mol. The van der Waals surface area contributed by atoms with Crippen LogP contribution in [-0.4, -0.2) is 18.3 Å². The molecule has 2 nitrogen and oxygen atoms in total. The van der Waals surface area contributed by atoms with Crippen LogP contribution < -0.4 is 5.32 Å². The molecule has 0 saturated carbocycles. The number of benzene rings is 1. The van der Waals surface area contributed by atoms with E-state index < -0.39 is 0 Å². The van der Waals surface area contributed by atoms with Gasteiger partial charge in [-0.05, 0) is 43.5 Å². The summed E-state index contributed by atoms with van der Waals surface area (Å²) in [6, 6.07) is 5.60. The lowest BCUT2D eigenvalue weighted by Crippen LogP contribution is -2.37. The third kappa shape index (κ3) is 4.35. The molecule has 0 spiro atoms. The fourth-order valence-electron chi connectivity index (χ4n) is 2.11. The fraction of sp³-hybridized carbons (Fsp3) is 0.600. The van der Waals surface area contributed by atoms with E-state index in [0.717, 1.165) is 24.9 Å². The number of hydrogen-bond acceptors (Lipinski definition) is 2. The minimum absolute atomic E-state index is 0.0562. The lowest BCUT2D eigenvalue weighted by Gasteiger charge is -2.31. The Labute approximate surface area is 126 Å². The highest BCUT2D eigenvalue weighted by molar-refractivity contribution is 6.33. The Balaban J connectivity index is 2.74. The first kappa shape index (κ1) is 16.8. The number of halogens is 2. The van der Waals surface area contributed by atoms with E-state index in [-0.39, 0.29) is 18.1 Å². The van der Waals surface area contributed by atoms with Crippen LogP contribution in [0.15, 0.2) is 18.2 Å². The van der Waals surface area contributed by atoms with Crippen LogP contribution in [0.1, 0.15) is 45.2 Å². The molecule has 1 unspecified atom stereocenters. The maximum absolute atomic E-state index is 9.57. The second kappa shape index (κ2) is 7.49. The molecule has 2 N–H and O–H groups in total. The molecular weight excluding hydrogens is 281 g/mol. The predicted molar refractivity (Wildman–Crippen MR) is 83.0 cm³/mol. The fourth-order valence-corrected chi connectivity index (χ4v) is 2.57. The molecule has 1 rings (SSSR count). The van der Waals surface area contributed by atoms with Gasteiger partial charge in [0.2, 0.25) is 0 Å². The van der Waals surface area contributed by atoms with E-state index in [9.17, 15) is 5.11 Å². The Morgan fingerprint density at radius 3 is 2.42 bits per heavy atom. The largest absolute Gasteiger partial charge is 0.396 e. The molecule has 0 bridgehead atoms. The van der Waals surface area contributed by atoms with Crippen molar-refractivity contribution in [2.24, 2.45) is 5.41 Å². The van der Waals surface area contributed by atoms with E-state index in [2.05, 4.69) is 26.1 Å². The molecule has 1 aromatic rings. The second-order valence-corrected chi connectivity index (χ2v) is 5.98. The van der Waals surface area contributed by atoms with Gasteiger partial charge in [-0.15, -0.1) is 0 Å². The summed E-state index contributed by atoms with van der Waals surface area (Å²) in [7, 11) is 0. The van der Waals surface area contributed by atoms with Gasteiger partial charge in [0, 0.05) is 34.7 Å². The molecule has 1 atom stereocenters. The molecule has 19 heavy (non-hydrogen) atoms. The zero-order valence-corrected chi connectivity index (χ0v) is 13.4. The van der Waals surface area contributed by atoms with E-state index in [1.165, 1.54) is 0 Å². The number of nitrogens with one attached hydrogen (secondary N) is 1. The Kier molecular flexibility index (Phi) is 6.61. The summed E-state index contributed by atoms with van der Waals surface area (Å²) >= 11 is 12.2. The molecule has 0 aliphatic rings. The topological polar surface area (TPSA) is 32.3 Å². The van der Waals surface area contributed by atoms with Crippen molar-refractivity contribution in [2.45, 2.75) is 39.7 Å². The minimum atomic E-state index is -0.0562. The number of hydrogen-bond donors (Lipinski definition) is 2. The van der Waals surface area contributed by atoms with Crippen LogP contribution in [0.5, 0.6) is 0 Å². The standard InChI is InChI=1S/C15H23Cl2NO/c1-4-15(5-2,10-19)9-18-11(3)13-8-12(16)6-7-14(13)17/h6-8,11,18-19H,4-5,9-10H2,1-3H3. The van der Waals surface area contributed by atoms with Crippen LogP contribution in [-0.2, 0) is 0 Å². The van der Waals surface area contributed by atoms with Crippen molar-refractivity contribution in [3.05, 3.63) is 33.8 Å². The summed E-state index contributed by atoms with van der Waals surface area (Å²) in [5.74, 6) is 0. The summed E-state index contributed by atoms with van der Waals surface area (Å²) in [5.41, 5.74) is 0.937. The van der Waals surface area contributed by atoms with E-state index >= 15 is 0 Å². The summed E-state index contributed by atoms with van der Waals surface area (Å²) in [6.07, 6.45) is 1.89. The quantitative estimate of drug-likeness (QED) is 0.780. The van der Waals surface area contributed by atoms with Gasteiger partial charge in [-0.1, -0.05) is 37.0 Å². The van der Waals surface area contributed by atoms with Crippen molar-refractivity contribution in [2.75, 3.05) is 13.2 Å². The zero-order valence-electron chi connectivity index (χ0n) is 11.8. The zero-order chi connectivity index (χ0) is 14.5. The maximum atomic E-state index is 9.57. The van der Waals surface area contributed by atoms with Crippen LogP contribution in [0.3, 0.4) is 0 Å². The highest BCUT2D eigenvalue weighted by Crippen LogP contribution is 2.29. The van der Waals surface area contributed by atoms with Crippen LogP contribution in [0, 0.1) is 5.41 Å². The molecule has 108 valence electrons. The number of rotatable bonds is 7. The number of aliphatic hydroxyl groups excluding tert-OH is 1. The lowest BCUT2D eigenvalue weighted by molar-refractivity contribution is 0.110. The van der Waals surface area contributed by atoms with Gasteiger partial charge in [0.15, 0.2) is 0 Å². The summed E-state index contributed by atoms with van der Waals surface area (Å²) in [4.78, 5) is 0. The highest BCUT2D eigenvalue weighted by atomic mass is 35.5. The highest BCUT2D eigenvalue weighted by Gasteiger charge is 2.25. The van der Waals surface area contributed by atoms with Gasteiger partial charge in [0.05, 0.1) is 0 Å². The lowest BCUT2D eigenvalue weighted by atomic mass is 9.83. The molecular formula is C15H23Cl2NO. The smallest absolute Gasteiger partial charge is 0.0499 e. The molecule has 0 amide bonds. The summed E-state index contributed by atoms with van der Waals surface area (Å²) in [5, 5.41) is 14.4. The third-order valence-corrected chi connectivity index (χ3v) is 4.62.